The Hall–Kier alpha value is -0.850. The molecule has 0 saturated heterocycles. The molecule has 0 radical (unpaired) electrons. The van der Waals surface area contributed by atoms with Gasteiger partial charge in [-0.25, -0.2) is 13.1 Å². The number of aromatic nitrogens is 1. The fourth-order valence-corrected chi connectivity index (χ4v) is 3.23. The number of hydrogen-bond donors (Lipinski definition) is 2. The van der Waals surface area contributed by atoms with Crippen LogP contribution in [-0.4, -0.2) is 26.1 Å². The Morgan fingerprint density at radius 1 is 1.37 bits per heavy atom. The second-order valence-corrected chi connectivity index (χ2v) is 6.75. The van der Waals surface area contributed by atoms with Crippen LogP contribution in [0.4, 0.5) is 0 Å². The van der Waals surface area contributed by atoms with Crippen molar-refractivity contribution in [1.82, 2.24) is 14.6 Å². The van der Waals surface area contributed by atoms with E-state index in [0.29, 0.717) is 17.5 Å². The Labute approximate surface area is 115 Å². The summed E-state index contributed by atoms with van der Waals surface area (Å²) in [5.41, 5.74) is 1.06. The molecule has 6 heteroatoms. The number of nitrogens with one attached hydrogen (secondary N) is 2. The molecule has 108 valence electrons. The Kier molecular flexibility index (Phi) is 4.65. The van der Waals surface area contributed by atoms with E-state index >= 15 is 0 Å². The normalized spacial score (nSPS) is 15.9. The van der Waals surface area contributed by atoms with Crippen molar-refractivity contribution in [2.75, 3.05) is 13.1 Å². The van der Waals surface area contributed by atoms with E-state index in [2.05, 4.69) is 21.5 Å². The van der Waals surface area contributed by atoms with Crippen molar-refractivity contribution < 1.29 is 8.42 Å². The predicted octanol–water partition coefficient (Wildman–Crippen LogP) is 1.62. The molecule has 1 heterocycles. The van der Waals surface area contributed by atoms with E-state index < -0.39 is 10.0 Å². The molecule has 1 aliphatic rings. The summed E-state index contributed by atoms with van der Waals surface area (Å²) >= 11 is 0. The van der Waals surface area contributed by atoms with Gasteiger partial charge in [0, 0.05) is 31.0 Å². The van der Waals surface area contributed by atoms with Crippen molar-refractivity contribution in [1.29, 1.82) is 0 Å². The third-order valence-electron chi connectivity index (χ3n) is 3.22. The summed E-state index contributed by atoms with van der Waals surface area (Å²) < 4.78 is 28.7. The SMILES string of the molecule is CCCNCc1cc(S(=O)(=O)NCC)cn1C1CC1. The van der Waals surface area contributed by atoms with Gasteiger partial charge in [0.1, 0.15) is 0 Å². The summed E-state index contributed by atoms with van der Waals surface area (Å²) in [7, 11) is -3.35. The highest BCUT2D eigenvalue weighted by Gasteiger charge is 2.27. The van der Waals surface area contributed by atoms with E-state index in [-0.39, 0.29) is 0 Å². The third kappa shape index (κ3) is 3.58. The molecule has 19 heavy (non-hydrogen) atoms. The molecule has 1 aromatic rings. The van der Waals surface area contributed by atoms with Crippen LogP contribution in [0.15, 0.2) is 17.2 Å². The zero-order valence-electron chi connectivity index (χ0n) is 11.6. The third-order valence-corrected chi connectivity index (χ3v) is 4.74. The largest absolute Gasteiger partial charge is 0.346 e. The molecule has 0 bridgehead atoms. The highest BCUT2D eigenvalue weighted by molar-refractivity contribution is 7.89. The van der Waals surface area contributed by atoms with Crippen LogP contribution in [0.5, 0.6) is 0 Å². The lowest BCUT2D eigenvalue weighted by Crippen LogP contribution is -2.22. The van der Waals surface area contributed by atoms with Crippen LogP contribution in [0.25, 0.3) is 0 Å². The lowest BCUT2D eigenvalue weighted by Gasteiger charge is -2.07. The van der Waals surface area contributed by atoms with Crippen LogP contribution >= 0.6 is 0 Å². The van der Waals surface area contributed by atoms with E-state index in [1.165, 1.54) is 0 Å². The highest BCUT2D eigenvalue weighted by atomic mass is 32.2. The molecule has 1 saturated carbocycles. The molecule has 0 amide bonds. The minimum absolute atomic E-state index is 0.384. The van der Waals surface area contributed by atoms with Gasteiger partial charge in [-0.15, -0.1) is 0 Å². The molecule has 2 N–H and O–H groups in total. The van der Waals surface area contributed by atoms with Crippen molar-refractivity contribution >= 4 is 10.0 Å². The second kappa shape index (κ2) is 6.07. The van der Waals surface area contributed by atoms with Gasteiger partial charge in [0.25, 0.3) is 0 Å². The van der Waals surface area contributed by atoms with E-state index in [1.54, 1.807) is 19.2 Å². The molecular weight excluding hydrogens is 262 g/mol. The summed E-state index contributed by atoms with van der Waals surface area (Å²) in [4.78, 5) is 0.384. The Morgan fingerprint density at radius 3 is 2.68 bits per heavy atom. The van der Waals surface area contributed by atoms with Gasteiger partial charge in [-0.05, 0) is 31.9 Å². The van der Waals surface area contributed by atoms with Crippen LogP contribution in [0.2, 0.25) is 0 Å². The van der Waals surface area contributed by atoms with Crippen molar-refractivity contribution in [3.63, 3.8) is 0 Å². The number of sulfonamides is 1. The maximum absolute atomic E-state index is 12.0. The Bertz CT molecular complexity index is 518. The first-order valence-electron chi connectivity index (χ1n) is 6.99. The Balaban J connectivity index is 2.19. The summed E-state index contributed by atoms with van der Waals surface area (Å²) in [5.74, 6) is 0. The van der Waals surface area contributed by atoms with E-state index in [4.69, 9.17) is 0 Å². The summed E-state index contributed by atoms with van der Waals surface area (Å²) in [5, 5.41) is 3.34. The van der Waals surface area contributed by atoms with Crippen LogP contribution in [0.1, 0.15) is 44.8 Å². The van der Waals surface area contributed by atoms with Crippen LogP contribution in [-0.2, 0) is 16.6 Å². The smallest absolute Gasteiger partial charge is 0.242 e. The zero-order chi connectivity index (χ0) is 13.9. The van der Waals surface area contributed by atoms with Gasteiger partial charge in [0.15, 0.2) is 0 Å². The maximum atomic E-state index is 12.0. The van der Waals surface area contributed by atoms with E-state index in [1.807, 2.05) is 0 Å². The second-order valence-electron chi connectivity index (χ2n) is 4.98. The molecule has 0 atom stereocenters. The topological polar surface area (TPSA) is 63.1 Å². The fourth-order valence-electron chi connectivity index (χ4n) is 2.14. The van der Waals surface area contributed by atoms with Crippen molar-refractivity contribution in [2.45, 2.75) is 50.6 Å². The molecule has 0 unspecified atom stereocenters. The first-order chi connectivity index (χ1) is 9.08. The zero-order valence-corrected chi connectivity index (χ0v) is 12.5. The average molecular weight is 285 g/mol. The molecule has 0 aliphatic heterocycles. The monoisotopic (exact) mass is 285 g/mol. The number of hydrogen-bond acceptors (Lipinski definition) is 3. The lowest BCUT2D eigenvalue weighted by molar-refractivity contribution is 0.583. The molecule has 1 aliphatic carbocycles. The predicted molar refractivity (Wildman–Crippen MR) is 75.6 cm³/mol. The maximum Gasteiger partial charge on any atom is 0.242 e. The van der Waals surface area contributed by atoms with Crippen LogP contribution in [0, 0.1) is 0 Å². The minimum Gasteiger partial charge on any atom is -0.346 e. The standard InChI is InChI=1S/C13H23N3O2S/c1-3-7-14-9-12-8-13(19(17,18)15-4-2)10-16(12)11-5-6-11/h8,10-11,14-15H,3-7,9H2,1-2H3. The molecule has 0 aromatic carbocycles. The number of rotatable bonds is 8. The van der Waals surface area contributed by atoms with Crippen LogP contribution in [0.3, 0.4) is 0 Å². The van der Waals surface area contributed by atoms with Gasteiger partial charge in [-0.1, -0.05) is 13.8 Å². The van der Waals surface area contributed by atoms with Gasteiger partial charge in [-0.2, -0.15) is 0 Å². The minimum atomic E-state index is -3.35. The average Bonchev–Trinajstić information content (AvgIpc) is 3.10. The van der Waals surface area contributed by atoms with E-state index in [0.717, 1.165) is 38.0 Å². The summed E-state index contributed by atoms with van der Waals surface area (Å²) in [6, 6.07) is 2.28. The van der Waals surface area contributed by atoms with E-state index in [9.17, 15) is 8.42 Å². The van der Waals surface area contributed by atoms with Crippen molar-refractivity contribution in [2.24, 2.45) is 0 Å². The van der Waals surface area contributed by atoms with Gasteiger partial charge in [0.2, 0.25) is 10.0 Å². The molecule has 2 rings (SSSR count). The summed E-state index contributed by atoms with van der Waals surface area (Å²) in [6.07, 6.45) is 5.15. The molecular formula is C13H23N3O2S. The summed E-state index contributed by atoms with van der Waals surface area (Å²) in [6.45, 7) is 6.00. The van der Waals surface area contributed by atoms with Crippen molar-refractivity contribution in [3.8, 4) is 0 Å². The van der Waals surface area contributed by atoms with Crippen LogP contribution < -0.4 is 10.0 Å². The Morgan fingerprint density at radius 2 is 2.11 bits per heavy atom. The molecule has 1 aromatic heterocycles. The fraction of sp³-hybridized carbons (Fsp3) is 0.692. The quantitative estimate of drug-likeness (QED) is 0.713. The molecule has 0 spiro atoms. The van der Waals surface area contributed by atoms with Gasteiger partial charge < -0.3 is 9.88 Å². The van der Waals surface area contributed by atoms with Gasteiger partial charge in [0.05, 0.1) is 4.90 Å². The molecule has 5 nitrogen and oxygen atoms in total. The molecule has 1 fully saturated rings. The highest BCUT2D eigenvalue weighted by Crippen LogP contribution is 2.37. The van der Waals surface area contributed by atoms with Crippen molar-refractivity contribution in [3.05, 3.63) is 18.0 Å². The van der Waals surface area contributed by atoms with Gasteiger partial charge in [-0.3, -0.25) is 0 Å². The number of nitrogens with zero attached hydrogens (tertiary/aromatic N) is 1. The lowest BCUT2D eigenvalue weighted by atomic mass is 10.4. The first-order valence-corrected chi connectivity index (χ1v) is 8.48. The first kappa shape index (κ1) is 14.6. The van der Waals surface area contributed by atoms with Gasteiger partial charge >= 0.3 is 0 Å².